The Bertz CT molecular complexity index is 817. The summed E-state index contributed by atoms with van der Waals surface area (Å²) < 4.78 is 7.66. The minimum Gasteiger partial charge on any atom is -0.469 e. The first-order chi connectivity index (χ1) is 10.8. The van der Waals surface area contributed by atoms with E-state index in [-0.39, 0.29) is 30.4 Å². The number of hydrogen-bond donors (Lipinski definition) is 1. The molecule has 2 rings (SSSR count). The second-order valence-corrected chi connectivity index (χ2v) is 5.53. The number of rotatable bonds is 5. The number of benzene rings is 1. The van der Waals surface area contributed by atoms with Crippen LogP contribution < -0.4 is 11.0 Å². The van der Waals surface area contributed by atoms with E-state index in [0.717, 1.165) is 16.6 Å². The van der Waals surface area contributed by atoms with Gasteiger partial charge in [0.1, 0.15) is 0 Å². The number of nitrogens with one attached hydrogen (secondary N) is 1. The van der Waals surface area contributed by atoms with Gasteiger partial charge in [-0.1, -0.05) is 0 Å². The molecule has 1 aromatic heterocycles. The van der Waals surface area contributed by atoms with E-state index in [0.29, 0.717) is 12.1 Å². The lowest BCUT2D eigenvalue weighted by Crippen LogP contribution is -2.19. The summed E-state index contributed by atoms with van der Waals surface area (Å²) in [6.07, 6.45) is 0.888. The maximum absolute atomic E-state index is 12.0. The number of esters is 1. The van der Waals surface area contributed by atoms with Crippen molar-refractivity contribution in [3.8, 4) is 0 Å². The molecule has 1 amide bonds. The summed E-state index contributed by atoms with van der Waals surface area (Å²) in [6.45, 7) is 1.88. The Hall–Kier alpha value is -2.57. The van der Waals surface area contributed by atoms with E-state index in [1.165, 1.54) is 7.11 Å². The van der Waals surface area contributed by atoms with Gasteiger partial charge in [-0.15, -0.1) is 0 Å². The smallest absolute Gasteiger partial charge is 0.328 e. The highest BCUT2D eigenvalue weighted by molar-refractivity contribution is 5.94. The van der Waals surface area contributed by atoms with Gasteiger partial charge in [-0.25, -0.2) is 4.79 Å². The Labute approximate surface area is 133 Å². The van der Waals surface area contributed by atoms with Crippen molar-refractivity contribution in [2.75, 3.05) is 12.4 Å². The Kier molecular flexibility index (Phi) is 4.88. The highest BCUT2D eigenvalue weighted by Gasteiger charge is 2.12. The summed E-state index contributed by atoms with van der Waals surface area (Å²) >= 11 is 0. The van der Waals surface area contributed by atoms with Gasteiger partial charge in [0.05, 0.1) is 18.1 Å². The van der Waals surface area contributed by atoms with Gasteiger partial charge in [0.15, 0.2) is 0 Å². The van der Waals surface area contributed by atoms with Crippen LogP contribution in [-0.4, -0.2) is 28.1 Å². The predicted molar refractivity (Wildman–Crippen MR) is 87.4 cm³/mol. The summed E-state index contributed by atoms with van der Waals surface area (Å²) in [4.78, 5) is 35.0. The molecular formula is C16H21N3O4. The molecule has 0 radical (unpaired) electrons. The van der Waals surface area contributed by atoms with Crippen molar-refractivity contribution < 1.29 is 14.3 Å². The van der Waals surface area contributed by atoms with Crippen LogP contribution in [0.3, 0.4) is 0 Å². The number of imidazole rings is 1. The fourth-order valence-electron chi connectivity index (χ4n) is 2.49. The molecule has 23 heavy (non-hydrogen) atoms. The molecule has 0 spiro atoms. The molecule has 7 heteroatoms. The zero-order chi connectivity index (χ0) is 17.1. The molecule has 0 fully saturated rings. The van der Waals surface area contributed by atoms with Crippen LogP contribution in [0.15, 0.2) is 16.9 Å². The van der Waals surface area contributed by atoms with Crippen LogP contribution in [0.2, 0.25) is 0 Å². The minimum atomic E-state index is -0.324. The van der Waals surface area contributed by atoms with Crippen LogP contribution in [0.1, 0.15) is 24.8 Å². The van der Waals surface area contributed by atoms with Crippen molar-refractivity contribution in [1.29, 1.82) is 0 Å². The Morgan fingerprint density at radius 3 is 2.35 bits per heavy atom. The molecule has 1 N–H and O–H groups in total. The van der Waals surface area contributed by atoms with Gasteiger partial charge in [0.25, 0.3) is 0 Å². The van der Waals surface area contributed by atoms with Crippen molar-refractivity contribution in [1.82, 2.24) is 9.13 Å². The number of aromatic nitrogens is 2. The van der Waals surface area contributed by atoms with Crippen molar-refractivity contribution in [3.63, 3.8) is 0 Å². The number of carbonyl (C=O) groups excluding carboxylic acids is 2. The molecule has 1 aromatic carbocycles. The number of amides is 1. The van der Waals surface area contributed by atoms with Crippen molar-refractivity contribution in [3.05, 3.63) is 28.2 Å². The zero-order valence-electron chi connectivity index (χ0n) is 13.8. The van der Waals surface area contributed by atoms with Gasteiger partial charge < -0.3 is 10.1 Å². The molecule has 7 nitrogen and oxygen atoms in total. The number of anilines is 1. The molecule has 124 valence electrons. The quantitative estimate of drug-likeness (QED) is 0.846. The van der Waals surface area contributed by atoms with Crippen LogP contribution in [-0.2, 0) is 28.4 Å². The first-order valence-corrected chi connectivity index (χ1v) is 7.38. The highest BCUT2D eigenvalue weighted by Crippen LogP contribution is 2.22. The third-order valence-electron chi connectivity index (χ3n) is 3.90. The van der Waals surface area contributed by atoms with Crippen LogP contribution in [0.4, 0.5) is 5.69 Å². The fraction of sp³-hybridized carbons (Fsp3) is 0.438. The summed E-state index contributed by atoms with van der Waals surface area (Å²) in [6, 6.07) is 3.67. The molecule has 0 atom stereocenters. The number of carbonyl (C=O) groups is 2. The molecule has 0 aliphatic carbocycles. The lowest BCUT2D eigenvalue weighted by atomic mass is 10.1. The molecule has 0 saturated carbocycles. The molecule has 0 bridgehead atoms. The highest BCUT2D eigenvalue weighted by atomic mass is 16.5. The van der Waals surface area contributed by atoms with Gasteiger partial charge in [-0.3, -0.25) is 18.7 Å². The maximum Gasteiger partial charge on any atom is 0.328 e. The lowest BCUT2D eigenvalue weighted by molar-refractivity contribution is -0.140. The van der Waals surface area contributed by atoms with Crippen molar-refractivity contribution >= 4 is 28.6 Å². The second-order valence-electron chi connectivity index (χ2n) is 5.53. The molecule has 2 aromatic rings. The molecule has 0 aliphatic rings. The van der Waals surface area contributed by atoms with E-state index in [9.17, 15) is 14.4 Å². The Balaban J connectivity index is 2.15. The van der Waals surface area contributed by atoms with E-state index >= 15 is 0 Å². The molecule has 0 saturated heterocycles. The normalized spacial score (nSPS) is 10.8. The standard InChI is InChI=1S/C16H21N3O4/c1-10-8-12-13(19(3)16(22)18(12)2)9-11(10)17-14(20)6-5-7-15(21)23-4/h8-9H,5-7H2,1-4H3,(H,17,20). The largest absolute Gasteiger partial charge is 0.469 e. The average Bonchev–Trinajstić information content (AvgIpc) is 2.72. The summed E-state index contributed by atoms with van der Waals surface area (Å²) in [5.74, 6) is -0.494. The van der Waals surface area contributed by atoms with Gasteiger partial charge in [0, 0.05) is 32.6 Å². The third-order valence-corrected chi connectivity index (χ3v) is 3.90. The van der Waals surface area contributed by atoms with Gasteiger partial charge in [-0.2, -0.15) is 0 Å². The van der Waals surface area contributed by atoms with E-state index in [2.05, 4.69) is 10.1 Å². The van der Waals surface area contributed by atoms with E-state index in [4.69, 9.17) is 0 Å². The lowest BCUT2D eigenvalue weighted by Gasteiger charge is -2.09. The van der Waals surface area contributed by atoms with Gasteiger partial charge in [-0.05, 0) is 31.0 Å². The van der Waals surface area contributed by atoms with Gasteiger partial charge >= 0.3 is 11.7 Å². The van der Waals surface area contributed by atoms with Crippen LogP contribution in [0.25, 0.3) is 11.0 Å². The monoisotopic (exact) mass is 319 g/mol. The van der Waals surface area contributed by atoms with E-state index < -0.39 is 0 Å². The average molecular weight is 319 g/mol. The SMILES string of the molecule is COC(=O)CCCC(=O)Nc1cc2c(cc1C)n(C)c(=O)n2C. The minimum absolute atomic E-state index is 0.110. The number of aryl methyl sites for hydroxylation is 3. The van der Waals surface area contributed by atoms with E-state index in [1.54, 1.807) is 29.3 Å². The van der Waals surface area contributed by atoms with Crippen LogP contribution in [0.5, 0.6) is 0 Å². The topological polar surface area (TPSA) is 82.3 Å². The Morgan fingerprint density at radius 2 is 1.74 bits per heavy atom. The number of ether oxygens (including phenoxy) is 1. The predicted octanol–water partition coefficient (Wildman–Crippen LogP) is 1.47. The van der Waals surface area contributed by atoms with E-state index in [1.807, 2.05) is 13.0 Å². The number of hydrogen-bond acceptors (Lipinski definition) is 4. The summed E-state index contributed by atoms with van der Waals surface area (Å²) in [5, 5.41) is 2.83. The molecule has 0 unspecified atom stereocenters. The third kappa shape index (κ3) is 3.44. The first-order valence-electron chi connectivity index (χ1n) is 7.38. The molecular weight excluding hydrogens is 298 g/mol. The number of nitrogens with zero attached hydrogens (tertiary/aromatic N) is 2. The second kappa shape index (κ2) is 6.68. The zero-order valence-corrected chi connectivity index (χ0v) is 13.8. The van der Waals surface area contributed by atoms with Crippen molar-refractivity contribution in [2.24, 2.45) is 14.1 Å². The summed E-state index contributed by atoms with van der Waals surface area (Å²) in [5.41, 5.74) is 3.01. The van der Waals surface area contributed by atoms with Crippen LogP contribution >= 0.6 is 0 Å². The first kappa shape index (κ1) is 16.8. The van der Waals surface area contributed by atoms with Crippen LogP contribution in [0, 0.1) is 6.92 Å². The summed E-state index contributed by atoms with van der Waals surface area (Å²) in [7, 11) is 4.74. The number of methoxy groups -OCH3 is 1. The van der Waals surface area contributed by atoms with Gasteiger partial charge in [0.2, 0.25) is 5.91 Å². The molecule has 0 aliphatic heterocycles. The fourth-order valence-corrected chi connectivity index (χ4v) is 2.49. The maximum atomic E-state index is 12.0. The number of fused-ring (bicyclic) bond motifs is 1. The molecule has 1 heterocycles. The van der Waals surface area contributed by atoms with Crippen molar-refractivity contribution in [2.45, 2.75) is 26.2 Å². The Morgan fingerprint density at radius 1 is 1.13 bits per heavy atom.